The second-order valence-electron chi connectivity index (χ2n) is 4.93. The number of aryl methyl sites for hydroxylation is 1. The average Bonchev–Trinajstić information content (AvgIpc) is 3.21. The molecule has 0 unspecified atom stereocenters. The summed E-state index contributed by atoms with van der Waals surface area (Å²) >= 11 is 3.29. The second-order valence-corrected chi connectivity index (χ2v) is 7.16. The van der Waals surface area contributed by atoms with Crippen LogP contribution in [0, 0.1) is 6.92 Å². The molecule has 0 radical (unpaired) electrons. The first kappa shape index (κ1) is 15.7. The Morgan fingerprint density at radius 3 is 2.65 bits per heavy atom. The molecule has 0 aliphatic carbocycles. The molecule has 6 heteroatoms. The summed E-state index contributed by atoms with van der Waals surface area (Å²) in [4.78, 5) is 18.9. The van der Waals surface area contributed by atoms with Gasteiger partial charge in [0, 0.05) is 15.8 Å². The molecular weight excluding hydrogens is 328 g/mol. The summed E-state index contributed by atoms with van der Waals surface area (Å²) in [6.07, 6.45) is 0. The maximum Gasteiger partial charge on any atom is 0.251 e. The Balaban J connectivity index is 1.61. The number of methoxy groups -OCH3 is 1. The van der Waals surface area contributed by atoms with Gasteiger partial charge in [0.2, 0.25) is 0 Å². The molecule has 23 heavy (non-hydrogen) atoms. The van der Waals surface area contributed by atoms with E-state index in [1.54, 1.807) is 54.0 Å². The van der Waals surface area contributed by atoms with E-state index in [1.807, 2.05) is 19.1 Å². The van der Waals surface area contributed by atoms with Crippen LogP contribution in [0.4, 0.5) is 0 Å². The Morgan fingerprint density at radius 1 is 1.22 bits per heavy atom. The first-order valence-electron chi connectivity index (χ1n) is 7.09. The molecule has 0 bridgehead atoms. The van der Waals surface area contributed by atoms with Gasteiger partial charge in [-0.05, 0) is 43.3 Å². The van der Waals surface area contributed by atoms with E-state index >= 15 is 0 Å². The number of benzene rings is 1. The molecule has 3 rings (SSSR count). The molecule has 4 nitrogen and oxygen atoms in total. The molecule has 2 heterocycles. The van der Waals surface area contributed by atoms with Crippen molar-refractivity contribution in [1.29, 1.82) is 0 Å². The highest BCUT2D eigenvalue weighted by atomic mass is 32.1. The summed E-state index contributed by atoms with van der Waals surface area (Å²) in [5.41, 5.74) is 1.63. The van der Waals surface area contributed by atoms with Crippen molar-refractivity contribution < 1.29 is 9.53 Å². The molecular formula is C17H16N2O2S2. The number of amides is 1. The molecule has 0 atom stereocenters. The average molecular weight is 344 g/mol. The zero-order valence-corrected chi connectivity index (χ0v) is 14.5. The smallest absolute Gasteiger partial charge is 0.251 e. The number of thiazole rings is 1. The van der Waals surface area contributed by atoms with Crippen LogP contribution in [0.1, 0.15) is 20.2 Å². The fraction of sp³-hybridized carbons (Fsp3) is 0.176. The van der Waals surface area contributed by atoms with Gasteiger partial charge < -0.3 is 10.1 Å². The number of rotatable bonds is 5. The van der Waals surface area contributed by atoms with Gasteiger partial charge in [-0.2, -0.15) is 0 Å². The fourth-order valence-corrected chi connectivity index (χ4v) is 3.69. The maximum atomic E-state index is 12.1. The molecule has 3 aromatic rings. The molecule has 0 aliphatic heterocycles. The third-order valence-corrected chi connectivity index (χ3v) is 5.19. The summed E-state index contributed by atoms with van der Waals surface area (Å²) in [5, 5.41) is 6.05. The lowest BCUT2D eigenvalue weighted by atomic mass is 10.2. The van der Waals surface area contributed by atoms with Gasteiger partial charge in [-0.1, -0.05) is 0 Å². The number of nitrogens with one attached hydrogen (secondary N) is 1. The van der Waals surface area contributed by atoms with Gasteiger partial charge >= 0.3 is 0 Å². The van der Waals surface area contributed by atoms with Crippen molar-refractivity contribution in [2.24, 2.45) is 0 Å². The molecule has 1 amide bonds. The highest BCUT2D eigenvalue weighted by Gasteiger charge is 2.09. The van der Waals surface area contributed by atoms with E-state index in [0.29, 0.717) is 12.1 Å². The Morgan fingerprint density at radius 2 is 2.00 bits per heavy atom. The Labute approximate surface area is 142 Å². The van der Waals surface area contributed by atoms with Crippen LogP contribution in [-0.2, 0) is 6.54 Å². The minimum Gasteiger partial charge on any atom is -0.497 e. The molecule has 118 valence electrons. The summed E-state index contributed by atoms with van der Waals surface area (Å²) < 4.78 is 5.09. The van der Waals surface area contributed by atoms with E-state index in [2.05, 4.69) is 15.7 Å². The molecule has 1 aromatic carbocycles. The summed E-state index contributed by atoms with van der Waals surface area (Å²) in [6, 6.07) is 11.2. The first-order valence-corrected chi connectivity index (χ1v) is 8.79. The maximum absolute atomic E-state index is 12.1. The third-order valence-electron chi connectivity index (χ3n) is 3.31. The number of carbonyl (C=O) groups excluding carboxylic acids is 1. The van der Waals surface area contributed by atoms with Gasteiger partial charge in [0.05, 0.1) is 29.2 Å². The van der Waals surface area contributed by atoms with E-state index < -0.39 is 0 Å². The van der Waals surface area contributed by atoms with E-state index in [0.717, 1.165) is 26.2 Å². The van der Waals surface area contributed by atoms with Crippen molar-refractivity contribution in [2.45, 2.75) is 13.5 Å². The number of hydrogen-bond acceptors (Lipinski definition) is 5. The Bertz CT molecular complexity index is 806. The predicted molar refractivity (Wildman–Crippen MR) is 94.3 cm³/mol. The normalized spacial score (nSPS) is 10.5. The number of aromatic nitrogens is 1. The van der Waals surface area contributed by atoms with Crippen LogP contribution in [-0.4, -0.2) is 18.0 Å². The number of nitrogens with zero attached hydrogens (tertiary/aromatic N) is 1. The minimum absolute atomic E-state index is 0.0906. The van der Waals surface area contributed by atoms with Crippen LogP contribution in [0.5, 0.6) is 5.75 Å². The van der Waals surface area contributed by atoms with Crippen molar-refractivity contribution in [1.82, 2.24) is 10.3 Å². The van der Waals surface area contributed by atoms with Crippen LogP contribution in [0.3, 0.4) is 0 Å². The molecule has 0 spiro atoms. The molecule has 0 fully saturated rings. The van der Waals surface area contributed by atoms with Gasteiger partial charge in [0.15, 0.2) is 0 Å². The number of carbonyl (C=O) groups is 1. The van der Waals surface area contributed by atoms with Gasteiger partial charge in [-0.3, -0.25) is 4.79 Å². The van der Waals surface area contributed by atoms with Gasteiger partial charge in [-0.15, -0.1) is 22.7 Å². The van der Waals surface area contributed by atoms with E-state index in [1.165, 1.54) is 0 Å². The van der Waals surface area contributed by atoms with Crippen molar-refractivity contribution in [2.75, 3.05) is 7.11 Å². The van der Waals surface area contributed by atoms with Crippen LogP contribution < -0.4 is 10.1 Å². The Hall–Kier alpha value is -2.18. The summed E-state index contributed by atoms with van der Waals surface area (Å²) in [5.74, 6) is 0.648. The van der Waals surface area contributed by atoms with Crippen molar-refractivity contribution in [3.05, 3.63) is 57.2 Å². The van der Waals surface area contributed by atoms with Crippen LogP contribution in [0.25, 0.3) is 10.6 Å². The Kier molecular flexibility index (Phi) is 4.73. The van der Waals surface area contributed by atoms with Gasteiger partial charge in [0.1, 0.15) is 5.75 Å². The largest absolute Gasteiger partial charge is 0.497 e. The standard InChI is InChI=1S/C17H16N2O2S2/c1-11-19-15(10-22-11)16-8-7-14(23-16)9-18-17(20)12-3-5-13(21-2)6-4-12/h3-8,10H,9H2,1-2H3,(H,18,20). The van der Waals surface area contributed by atoms with Gasteiger partial charge in [0.25, 0.3) is 5.91 Å². The second kappa shape index (κ2) is 6.93. The quantitative estimate of drug-likeness (QED) is 0.757. The molecule has 0 saturated carbocycles. The topological polar surface area (TPSA) is 51.2 Å². The SMILES string of the molecule is COc1ccc(C(=O)NCc2ccc(-c3csc(C)n3)s2)cc1. The number of thiophene rings is 1. The van der Waals surface area contributed by atoms with Crippen molar-refractivity contribution >= 4 is 28.6 Å². The zero-order valence-electron chi connectivity index (χ0n) is 12.8. The highest BCUT2D eigenvalue weighted by molar-refractivity contribution is 7.16. The molecule has 2 aromatic heterocycles. The lowest BCUT2D eigenvalue weighted by Crippen LogP contribution is -2.22. The number of hydrogen-bond donors (Lipinski definition) is 1. The van der Waals surface area contributed by atoms with E-state index in [9.17, 15) is 4.79 Å². The van der Waals surface area contributed by atoms with Gasteiger partial charge in [-0.25, -0.2) is 4.98 Å². The lowest BCUT2D eigenvalue weighted by molar-refractivity contribution is 0.0951. The van der Waals surface area contributed by atoms with Crippen LogP contribution in [0.15, 0.2) is 41.8 Å². The third kappa shape index (κ3) is 3.78. The van der Waals surface area contributed by atoms with E-state index in [-0.39, 0.29) is 5.91 Å². The monoisotopic (exact) mass is 344 g/mol. The lowest BCUT2D eigenvalue weighted by Gasteiger charge is -2.04. The molecule has 1 N–H and O–H groups in total. The zero-order chi connectivity index (χ0) is 16.2. The highest BCUT2D eigenvalue weighted by Crippen LogP contribution is 2.28. The van der Waals surface area contributed by atoms with Crippen molar-refractivity contribution in [3.63, 3.8) is 0 Å². The fourth-order valence-electron chi connectivity index (χ4n) is 2.10. The molecule has 0 aliphatic rings. The van der Waals surface area contributed by atoms with E-state index in [4.69, 9.17) is 4.74 Å². The van der Waals surface area contributed by atoms with Crippen LogP contribution in [0.2, 0.25) is 0 Å². The first-order chi connectivity index (χ1) is 11.2. The van der Waals surface area contributed by atoms with Crippen LogP contribution >= 0.6 is 22.7 Å². The van der Waals surface area contributed by atoms with Crippen molar-refractivity contribution in [3.8, 4) is 16.3 Å². The minimum atomic E-state index is -0.0906. The summed E-state index contributed by atoms with van der Waals surface area (Å²) in [6.45, 7) is 2.51. The molecule has 0 saturated heterocycles. The predicted octanol–water partition coefficient (Wildman–Crippen LogP) is 4.12. The number of ether oxygens (including phenoxy) is 1. The summed E-state index contributed by atoms with van der Waals surface area (Å²) in [7, 11) is 1.60.